The number of rotatable bonds is 8. The Morgan fingerprint density at radius 1 is 1.31 bits per heavy atom. The van der Waals surface area contributed by atoms with Crippen molar-refractivity contribution in [3.05, 3.63) is 45.7 Å². The van der Waals surface area contributed by atoms with Crippen LogP contribution in [0.4, 0.5) is 0 Å². The van der Waals surface area contributed by atoms with E-state index in [-0.39, 0.29) is 22.6 Å². The molecule has 142 valence electrons. The van der Waals surface area contributed by atoms with E-state index in [1.165, 1.54) is 6.07 Å². The molecule has 2 rings (SSSR count). The molecule has 0 fully saturated rings. The van der Waals surface area contributed by atoms with Crippen molar-refractivity contribution in [2.75, 3.05) is 7.11 Å². The summed E-state index contributed by atoms with van der Waals surface area (Å²) in [6.07, 6.45) is 0. The molecule has 1 amide bonds. The molecule has 1 atom stereocenters. The molecule has 0 unspecified atom stereocenters. The largest absolute Gasteiger partial charge is 0.496 e. The third kappa shape index (κ3) is 5.29. The lowest BCUT2D eigenvalue weighted by molar-refractivity contribution is -0.123. The quantitative estimate of drug-likeness (QED) is 0.633. The van der Waals surface area contributed by atoms with Crippen LogP contribution in [0.2, 0.25) is 0 Å². The summed E-state index contributed by atoms with van der Waals surface area (Å²) in [6.45, 7) is 3.81. The first-order chi connectivity index (χ1) is 12.2. The van der Waals surface area contributed by atoms with Crippen LogP contribution in [0.25, 0.3) is 0 Å². The van der Waals surface area contributed by atoms with Gasteiger partial charge in [0.1, 0.15) is 16.0 Å². The molecule has 2 aromatic rings. The predicted octanol–water partition coefficient (Wildman–Crippen LogP) is 3.14. The van der Waals surface area contributed by atoms with E-state index < -0.39 is 16.1 Å². The molecule has 0 spiro atoms. The van der Waals surface area contributed by atoms with Crippen LogP contribution < -0.4 is 14.8 Å². The number of carbonyl (C=O) groups is 1. The van der Waals surface area contributed by atoms with Gasteiger partial charge in [0.2, 0.25) is 5.91 Å². The second-order valence-corrected chi connectivity index (χ2v) is 9.75. The lowest BCUT2D eigenvalue weighted by Gasteiger charge is -2.21. The Labute approximate surface area is 166 Å². The van der Waals surface area contributed by atoms with Crippen molar-refractivity contribution in [1.82, 2.24) is 10.0 Å². The molecule has 2 N–H and O–H groups in total. The van der Waals surface area contributed by atoms with Crippen LogP contribution >= 0.6 is 27.3 Å². The number of methoxy groups -OCH3 is 1. The van der Waals surface area contributed by atoms with Crippen LogP contribution in [-0.4, -0.2) is 27.5 Å². The molecule has 1 heterocycles. The van der Waals surface area contributed by atoms with Crippen molar-refractivity contribution in [2.45, 2.75) is 30.6 Å². The average Bonchev–Trinajstić information content (AvgIpc) is 3.13. The van der Waals surface area contributed by atoms with Crippen LogP contribution in [0.3, 0.4) is 0 Å². The molecular weight excluding hydrogens is 440 g/mol. The van der Waals surface area contributed by atoms with Crippen LogP contribution in [-0.2, 0) is 21.4 Å². The van der Waals surface area contributed by atoms with Gasteiger partial charge in [0.25, 0.3) is 10.0 Å². The Bertz CT molecular complexity index is 852. The van der Waals surface area contributed by atoms with E-state index >= 15 is 0 Å². The lowest BCUT2D eigenvalue weighted by Crippen LogP contribution is -2.49. The SMILES string of the molecule is COc1ccc(Br)cc1CNC(=O)[C@H](NS(=O)(=O)c1cccs1)C(C)C. The van der Waals surface area contributed by atoms with Gasteiger partial charge in [-0.1, -0.05) is 35.8 Å². The predicted molar refractivity (Wildman–Crippen MR) is 106 cm³/mol. The van der Waals surface area contributed by atoms with E-state index in [1.54, 1.807) is 38.5 Å². The highest BCUT2D eigenvalue weighted by Crippen LogP contribution is 2.23. The highest BCUT2D eigenvalue weighted by Gasteiger charge is 2.28. The molecule has 0 bridgehead atoms. The fourth-order valence-electron chi connectivity index (χ4n) is 2.31. The number of carbonyl (C=O) groups excluding carboxylic acids is 1. The Balaban J connectivity index is 2.11. The van der Waals surface area contributed by atoms with E-state index in [2.05, 4.69) is 26.0 Å². The average molecular weight is 461 g/mol. The van der Waals surface area contributed by atoms with E-state index in [4.69, 9.17) is 4.74 Å². The molecule has 6 nitrogen and oxygen atoms in total. The van der Waals surface area contributed by atoms with Crippen molar-refractivity contribution in [1.29, 1.82) is 0 Å². The molecule has 1 aromatic carbocycles. The molecule has 0 saturated carbocycles. The number of amides is 1. The maximum atomic E-state index is 12.6. The third-order valence-corrected chi connectivity index (χ3v) is 7.02. The first-order valence-electron chi connectivity index (χ1n) is 7.90. The van der Waals surface area contributed by atoms with E-state index in [0.29, 0.717) is 5.75 Å². The molecule has 1 aromatic heterocycles. The van der Waals surface area contributed by atoms with Gasteiger partial charge in [-0.25, -0.2) is 8.42 Å². The Hall–Kier alpha value is -1.42. The highest BCUT2D eigenvalue weighted by atomic mass is 79.9. The number of nitrogens with one attached hydrogen (secondary N) is 2. The zero-order chi connectivity index (χ0) is 19.3. The Kier molecular flexibility index (Phi) is 7.22. The number of thiophene rings is 1. The summed E-state index contributed by atoms with van der Waals surface area (Å²) in [7, 11) is -2.18. The van der Waals surface area contributed by atoms with Gasteiger partial charge in [-0.05, 0) is 35.6 Å². The third-order valence-electron chi connectivity index (χ3n) is 3.69. The molecule has 0 aliphatic heterocycles. The van der Waals surface area contributed by atoms with E-state index in [1.807, 2.05) is 12.1 Å². The van der Waals surface area contributed by atoms with Crippen molar-refractivity contribution in [3.63, 3.8) is 0 Å². The normalized spacial score (nSPS) is 12.8. The number of hydrogen-bond acceptors (Lipinski definition) is 5. The highest BCUT2D eigenvalue weighted by molar-refractivity contribution is 9.10. The van der Waals surface area contributed by atoms with Gasteiger partial charge in [-0.15, -0.1) is 11.3 Å². The van der Waals surface area contributed by atoms with Crippen LogP contribution in [0.5, 0.6) is 5.75 Å². The minimum atomic E-state index is -3.73. The smallest absolute Gasteiger partial charge is 0.250 e. The fraction of sp³-hybridized carbons (Fsp3) is 0.353. The number of halogens is 1. The summed E-state index contributed by atoms with van der Waals surface area (Å²) in [5.41, 5.74) is 0.791. The zero-order valence-corrected chi connectivity index (χ0v) is 17.9. The Morgan fingerprint density at radius 2 is 2.04 bits per heavy atom. The summed E-state index contributed by atoms with van der Waals surface area (Å²) < 4.78 is 33.7. The molecular formula is C17H21BrN2O4S2. The summed E-state index contributed by atoms with van der Waals surface area (Å²) in [4.78, 5) is 12.6. The van der Waals surface area contributed by atoms with Crippen LogP contribution in [0.1, 0.15) is 19.4 Å². The zero-order valence-electron chi connectivity index (χ0n) is 14.7. The van der Waals surface area contributed by atoms with Crippen molar-refractivity contribution in [3.8, 4) is 5.75 Å². The summed E-state index contributed by atoms with van der Waals surface area (Å²) in [6, 6.07) is 7.78. The summed E-state index contributed by atoms with van der Waals surface area (Å²) in [5.74, 6) is 0.0464. The van der Waals surface area contributed by atoms with E-state index in [9.17, 15) is 13.2 Å². The molecule has 26 heavy (non-hydrogen) atoms. The van der Waals surface area contributed by atoms with Gasteiger partial charge in [0.05, 0.1) is 7.11 Å². The minimum absolute atomic E-state index is 0.185. The maximum Gasteiger partial charge on any atom is 0.250 e. The first-order valence-corrected chi connectivity index (χ1v) is 11.1. The number of benzene rings is 1. The Morgan fingerprint density at radius 3 is 2.62 bits per heavy atom. The number of sulfonamides is 1. The molecule has 0 aliphatic carbocycles. The van der Waals surface area contributed by atoms with Gasteiger partial charge in [0, 0.05) is 16.6 Å². The standard InChI is InChI=1S/C17H21BrN2O4S2/c1-11(2)16(20-26(22,23)15-5-4-8-25-15)17(21)19-10-12-9-13(18)6-7-14(12)24-3/h4-9,11,16,20H,10H2,1-3H3,(H,19,21)/t16-/m1/s1. The fourth-order valence-corrected chi connectivity index (χ4v) is 5.07. The van der Waals surface area contributed by atoms with E-state index in [0.717, 1.165) is 21.4 Å². The number of hydrogen-bond donors (Lipinski definition) is 2. The molecule has 0 aliphatic rings. The molecule has 0 saturated heterocycles. The minimum Gasteiger partial charge on any atom is -0.496 e. The lowest BCUT2D eigenvalue weighted by atomic mass is 10.0. The van der Waals surface area contributed by atoms with Crippen LogP contribution in [0.15, 0.2) is 44.4 Å². The second-order valence-electron chi connectivity index (χ2n) is 5.95. The van der Waals surface area contributed by atoms with Gasteiger partial charge in [-0.3, -0.25) is 4.79 Å². The summed E-state index contributed by atoms with van der Waals surface area (Å²) in [5, 5.41) is 4.47. The molecule has 9 heteroatoms. The van der Waals surface area contributed by atoms with Gasteiger partial charge >= 0.3 is 0 Å². The maximum absolute atomic E-state index is 12.6. The summed E-state index contributed by atoms with van der Waals surface area (Å²) >= 11 is 4.50. The second kappa shape index (κ2) is 8.98. The van der Waals surface area contributed by atoms with Crippen molar-refractivity contribution in [2.24, 2.45) is 5.92 Å². The monoisotopic (exact) mass is 460 g/mol. The number of ether oxygens (including phenoxy) is 1. The first kappa shape index (κ1) is 20.9. The topological polar surface area (TPSA) is 84.5 Å². The van der Waals surface area contributed by atoms with Crippen molar-refractivity contribution < 1.29 is 17.9 Å². The van der Waals surface area contributed by atoms with Crippen molar-refractivity contribution >= 4 is 43.2 Å². The van der Waals surface area contributed by atoms with Crippen LogP contribution in [0, 0.1) is 5.92 Å². The molecule has 0 radical (unpaired) electrons. The van der Waals surface area contributed by atoms with Gasteiger partial charge in [0.15, 0.2) is 0 Å². The van der Waals surface area contributed by atoms with Gasteiger partial charge < -0.3 is 10.1 Å². The van der Waals surface area contributed by atoms with Gasteiger partial charge in [-0.2, -0.15) is 4.72 Å².